The third kappa shape index (κ3) is 5.14. The number of amides is 2. The summed E-state index contributed by atoms with van der Waals surface area (Å²) in [6, 6.07) is 5.59. The van der Waals surface area contributed by atoms with Crippen molar-refractivity contribution in [3.63, 3.8) is 0 Å². The number of benzene rings is 1. The molecule has 2 amide bonds. The van der Waals surface area contributed by atoms with Gasteiger partial charge in [-0.3, -0.25) is 0 Å². The SMILES string of the molecule is CC(CO)CCCNC(=O)Nc1ccccc1F. The van der Waals surface area contributed by atoms with Crippen molar-refractivity contribution < 1.29 is 14.3 Å². The maximum absolute atomic E-state index is 13.2. The normalized spacial score (nSPS) is 11.9. The number of carbonyl (C=O) groups is 1. The molecule has 0 aliphatic rings. The molecule has 0 heterocycles. The minimum atomic E-state index is -0.457. The van der Waals surface area contributed by atoms with Crippen LogP contribution in [0.15, 0.2) is 24.3 Å². The number of hydrogen-bond donors (Lipinski definition) is 3. The molecule has 1 unspecified atom stereocenters. The summed E-state index contributed by atoms with van der Waals surface area (Å²) < 4.78 is 13.2. The van der Waals surface area contributed by atoms with E-state index in [0.29, 0.717) is 6.54 Å². The zero-order valence-electron chi connectivity index (χ0n) is 10.4. The van der Waals surface area contributed by atoms with Crippen LogP contribution in [-0.2, 0) is 0 Å². The van der Waals surface area contributed by atoms with Crippen LogP contribution in [0.2, 0.25) is 0 Å². The van der Waals surface area contributed by atoms with Crippen molar-refractivity contribution in [1.29, 1.82) is 0 Å². The minimum absolute atomic E-state index is 0.154. The average molecular weight is 254 g/mol. The molecule has 0 saturated heterocycles. The molecule has 0 bridgehead atoms. The second kappa shape index (κ2) is 7.66. The first-order valence-electron chi connectivity index (χ1n) is 6.03. The first-order chi connectivity index (χ1) is 8.63. The van der Waals surface area contributed by atoms with E-state index in [1.807, 2.05) is 6.92 Å². The van der Waals surface area contributed by atoms with Crippen LogP contribution < -0.4 is 10.6 Å². The van der Waals surface area contributed by atoms with Crippen LogP contribution in [0, 0.1) is 11.7 Å². The topological polar surface area (TPSA) is 61.4 Å². The van der Waals surface area contributed by atoms with Gasteiger partial charge >= 0.3 is 6.03 Å². The van der Waals surface area contributed by atoms with Crippen molar-refractivity contribution >= 4 is 11.7 Å². The minimum Gasteiger partial charge on any atom is -0.396 e. The van der Waals surface area contributed by atoms with Crippen molar-refractivity contribution in [2.45, 2.75) is 19.8 Å². The van der Waals surface area contributed by atoms with Gasteiger partial charge in [-0.2, -0.15) is 0 Å². The average Bonchev–Trinajstić information content (AvgIpc) is 2.37. The molecule has 0 aromatic heterocycles. The molecular weight excluding hydrogens is 235 g/mol. The molecule has 0 radical (unpaired) electrons. The highest BCUT2D eigenvalue weighted by atomic mass is 19.1. The zero-order chi connectivity index (χ0) is 13.4. The van der Waals surface area contributed by atoms with E-state index in [2.05, 4.69) is 10.6 Å². The van der Waals surface area contributed by atoms with Crippen molar-refractivity contribution in [2.75, 3.05) is 18.5 Å². The lowest BCUT2D eigenvalue weighted by molar-refractivity contribution is 0.227. The van der Waals surface area contributed by atoms with Gasteiger partial charge in [0, 0.05) is 13.2 Å². The maximum atomic E-state index is 13.2. The van der Waals surface area contributed by atoms with E-state index in [4.69, 9.17) is 5.11 Å². The molecule has 100 valence electrons. The Morgan fingerprint density at radius 2 is 2.17 bits per heavy atom. The molecule has 0 spiro atoms. The lowest BCUT2D eigenvalue weighted by Crippen LogP contribution is -2.30. The number of hydrogen-bond acceptors (Lipinski definition) is 2. The number of aliphatic hydroxyl groups excluding tert-OH is 1. The van der Waals surface area contributed by atoms with Crippen LogP contribution >= 0.6 is 0 Å². The van der Waals surface area contributed by atoms with Crippen molar-refractivity contribution in [3.05, 3.63) is 30.1 Å². The predicted molar refractivity (Wildman–Crippen MR) is 68.9 cm³/mol. The monoisotopic (exact) mass is 254 g/mol. The first kappa shape index (κ1) is 14.4. The van der Waals surface area contributed by atoms with Gasteiger partial charge in [-0.1, -0.05) is 19.1 Å². The molecule has 4 nitrogen and oxygen atoms in total. The van der Waals surface area contributed by atoms with Gasteiger partial charge in [-0.05, 0) is 30.9 Å². The zero-order valence-corrected chi connectivity index (χ0v) is 10.4. The van der Waals surface area contributed by atoms with Crippen LogP contribution in [0.1, 0.15) is 19.8 Å². The van der Waals surface area contributed by atoms with Crippen molar-refractivity contribution in [1.82, 2.24) is 5.32 Å². The molecule has 0 fully saturated rings. The van der Waals surface area contributed by atoms with Crippen LogP contribution in [-0.4, -0.2) is 24.3 Å². The van der Waals surface area contributed by atoms with Gasteiger partial charge in [0.05, 0.1) is 5.69 Å². The molecule has 0 aliphatic heterocycles. The fourth-order valence-corrected chi connectivity index (χ4v) is 1.47. The van der Waals surface area contributed by atoms with E-state index in [9.17, 15) is 9.18 Å². The molecule has 1 atom stereocenters. The molecular formula is C13H19FN2O2. The van der Waals surface area contributed by atoms with Crippen LogP contribution in [0.4, 0.5) is 14.9 Å². The fraction of sp³-hybridized carbons (Fsp3) is 0.462. The standard InChI is InChI=1S/C13H19FN2O2/c1-10(9-17)5-4-8-15-13(18)16-12-7-3-2-6-11(12)14/h2-3,6-7,10,17H,4-5,8-9H2,1H3,(H2,15,16,18). The number of urea groups is 1. The summed E-state index contributed by atoms with van der Waals surface area (Å²) >= 11 is 0. The second-order valence-corrected chi connectivity index (χ2v) is 4.29. The Balaban J connectivity index is 2.24. The second-order valence-electron chi connectivity index (χ2n) is 4.29. The molecule has 5 heteroatoms. The van der Waals surface area contributed by atoms with Gasteiger partial charge in [-0.15, -0.1) is 0 Å². The Hall–Kier alpha value is -1.62. The highest BCUT2D eigenvalue weighted by Crippen LogP contribution is 2.11. The third-order valence-corrected chi connectivity index (χ3v) is 2.59. The van der Waals surface area contributed by atoms with Gasteiger partial charge in [0.15, 0.2) is 0 Å². The summed E-state index contributed by atoms with van der Waals surface area (Å²) in [6.07, 6.45) is 1.63. The van der Waals surface area contributed by atoms with Gasteiger partial charge in [0.2, 0.25) is 0 Å². The lowest BCUT2D eigenvalue weighted by Gasteiger charge is -2.10. The summed E-state index contributed by atoms with van der Waals surface area (Å²) in [7, 11) is 0. The van der Waals surface area contributed by atoms with E-state index >= 15 is 0 Å². The lowest BCUT2D eigenvalue weighted by atomic mass is 10.1. The first-order valence-corrected chi connectivity index (χ1v) is 6.03. The Morgan fingerprint density at radius 1 is 1.44 bits per heavy atom. The molecule has 1 aromatic rings. The fourth-order valence-electron chi connectivity index (χ4n) is 1.47. The largest absolute Gasteiger partial charge is 0.396 e. The van der Waals surface area contributed by atoms with Crippen molar-refractivity contribution in [3.8, 4) is 0 Å². The van der Waals surface area contributed by atoms with Gasteiger partial charge in [0.25, 0.3) is 0 Å². The molecule has 0 aliphatic carbocycles. The van der Waals surface area contributed by atoms with E-state index in [0.717, 1.165) is 12.8 Å². The third-order valence-electron chi connectivity index (χ3n) is 2.59. The molecule has 3 N–H and O–H groups in total. The van der Waals surface area contributed by atoms with Gasteiger partial charge in [-0.25, -0.2) is 9.18 Å². The summed E-state index contributed by atoms with van der Waals surface area (Å²) in [6.45, 7) is 2.60. The number of nitrogens with one attached hydrogen (secondary N) is 2. The smallest absolute Gasteiger partial charge is 0.319 e. The number of anilines is 1. The van der Waals surface area contributed by atoms with Crippen LogP contribution in [0.25, 0.3) is 0 Å². The molecule has 1 aromatic carbocycles. The number of rotatable bonds is 6. The maximum Gasteiger partial charge on any atom is 0.319 e. The summed E-state index contributed by atoms with van der Waals surface area (Å²) in [5, 5.41) is 13.9. The Kier molecular flexibility index (Phi) is 6.14. The van der Waals surface area contributed by atoms with Gasteiger partial charge < -0.3 is 15.7 Å². The Labute approximate surface area is 106 Å². The van der Waals surface area contributed by atoms with E-state index in [1.54, 1.807) is 12.1 Å². The van der Waals surface area contributed by atoms with E-state index in [-0.39, 0.29) is 18.2 Å². The summed E-state index contributed by atoms with van der Waals surface area (Å²) in [5.74, 6) is -0.219. The van der Waals surface area contributed by atoms with Crippen LogP contribution in [0.3, 0.4) is 0 Å². The molecule has 0 saturated carbocycles. The summed E-state index contributed by atoms with van der Waals surface area (Å²) in [5.41, 5.74) is 0.165. The number of carbonyl (C=O) groups excluding carboxylic acids is 1. The van der Waals surface area contributed by atoms with E-state index < -0.39 is 11.8 Å². The molecule has 18 heavy (non-hydrogen) atoms. The van der Waals surface area contributed by atoms with E-state index in [1.165, 1.54) is 12.1 Å². The predicted octanol–water partition coefficient (Wildman–Crippen LogP) is 2.36. The number of para-hydroxylation sites is 1. The molecule has 1 rings (SSSR count). The number of halogens is 1. The Bertz CT molecular complexity index is 385. The Morgan fingerprint density at radius 3 is 2.83 bits per heavy atom. The highest BCUT2D eigenvalue weighted by molar-refractivity contribution is 5.89. The van der Waals surface area contributed by atoms with Crippen LogP contribution in [0.5, 0.6) is 0 Å². The summed E-state index contributed by atoms with van der Waals surface area (Å²) in [4.78, 5) is 11.4. The number of aliphatic hydroxyl groups is 1. The van der Waals surface area contributed by atoms with Gasteiger partial charge in [0.1, 0.15) is 5.82 Å². The quantitative estimate of drug-likeness (QED) is 0.682. The highest BCUT2D eigenvalue weighted by Gasteiger charge is 2.05. The van der Waals surface area contributed by atoms with Crippen molar-refractivity contribution in [2.24, 2.45) is 5.92 Å².